The van der Waals surface area contributed by atoms with E-state index in [-0.39, 0.29) is 17.7 Å². The Morgan fingerprint density at radius 1 is 1.26 bits per heavy atom. The second kappa shape index (κ2) is 8.11. The highest BCUT2D eigenvalue weighted by Gasteiger charge is 2.24. The first kappa shape index (κ1) is 17.5. The Morgan fingerprint density at radius 2 is 1.96 bits per heavy atom. The van der Waals surface area contributed by atoms with Gasteiger partial charge in [0.2, 0.25) is 5.91 Å². The summed E-state index contributed by atoms with van der Waals surface area (Å²) in [5.41, 5.74) is 1.40. The van der Waals surface area contributed by atoms with Crippen LogP contribution in [-0.4, -0.2) is 42.9 Å². The molecule has 2 N–H and O–H groups in total. The van der Waals surface area contributed by atoms with Crippen molar-refractivity contribution in [1.82, 2.24) is 10.2 Å². The molecule has 1 aromatic rings. The molecule has 1 heterocycles. The van der Waals surface area contributed by atoms with Crippen LogP contribution in [0.25, 0.3) is 0 Å². The van der Waals surface area contributed by atoms with Crippen molar-refractivity contribution in [3.63, 3.8) is 0 Å². The molecule has 5 heteroatoms. The zero-order valence-electron chi connectivity index (χ0n) is 14.3. The van der Waals surface area contributed by atoms with Crippen LogP contribution in [0.4, 0.5) is 5.69 Å². The monoisotopic (exact) mass is 317 g/mol. The Labute approximate surface area is 138 Å². The summed E-state index contributed by atoms with van der Waals surface area (Å²) in [6.45, 7) is 5.45. The second-order valence-electron chi connectivity index (χ2n) is 6.37. The van der Waals surface area contributed by atoms with Gasteiger partial charge in [0, 0.05) is 36.3 Å². The molecule has 1 saturated heterocycles. The van der Waals surface area contributed by atoms with Gasteiger partial charge in [-0.25, -0.2) is 0 Å². The van der Waals surface area contributed by atoms with Crippen molar-refractivity contribution >= 4 is 17.5 Å². The third-order valence-corrected chi connectivity index (χ3v) is 4.42. The Kier molecular flexibility index (Phi) is 6.16. The molecule has 0 aliphatic carbocycles. The number of likely N-dealkylation sites (tertiary alicyclic amines) is 1. The van der Waals surface area contributed by atoms with Crippen LogP contribution in [0, 0.1) is 5.92 Å². The molecule has 5 nitrogen and oxygen atoms in total. The maximum atomic E-state index is 12.6. The Hall–Kier alpha value is -1.88. The average molecular weight is 317 g/mol. The molecule has 0 aromatic heterocycles. The molecule has 126 valence electrons. The minimum absolute atomic E-state index is 0.0249. The van der Waals surface area contributed by atoms with Crippen molar-refractivity contribution in [1.29, 1.82) is 0 Å². The van der Waals surface area contributed by atoms with Gasteiger partial charge < -0.3 is 15.5 Å². The summed E-state index contributed by atoms with van der Waals surface area (Å²) in [7, 11) is 1.83. The molecule has 0 saturated carbocycles. The van der Waals surface area contributed by atoms with Crippen LogP contribution in [0.3, 0.4) is 0 Å². The summed E-state index contributed by atoms with van der Waals surface area (Å²) in [4.78, 5) is 26.5. The van der Waals surface area contributed by atoms with E-state index in [4.69, 9.17) is 0 Å². The Morgan fingerprint density at radius 3 is 2.57 bits per heavy atom. The number of benzene rings is 1. The Balaban J connectivity index is 1.98. The zero-order valence-corrected chi connectivity index (χ0v) is 14.3. The molecule has 0 spiro atoms. The highest BCUT2D eigenvalue weighted by atomic mass is 16.2. The van der Waals surface area contributed by atoms with Crippen molar-refractivity contribution in [3.05, 3.63) is 29.8 Å². The number of carbonyl (C=O) groups excluding carboxylic acids is 2. The number of amides is 2. The largest absolute Gasteiger partial charge is 0.336 e. The van der Waals surface area contributed by atoms with Gasteiger partial charge in [-0.3, -0.25) is 9.59 Å². The molecular weight excluding hydrogens is 290 g/mol. The van der Waals surface area contributed by atoms with E-state index in [2.05, 4.69) is 17.6 Å². The van der Waals surface area contributed by atoms with Crippen LogP contribution in [0.15, 0.2) is 24.3 Å². The third-order valence-electron chi connectivity index (χ3n) is 4.42. The number of nitrogens with one attached hydrogen (secondary N) is 2. The SMILES string of the molecule is CNCC(C)C(=O)Nc1ccc(C(=O)N2CCCCC2C)cc1. The minimum Gasteiger partial charge on any atom is -0.336 e. The van der Waals surface area contributed by atoms with E-state index in [1.165, 1.54) is 6.42 Å². The first-order chi connectivity index (χ1) is 11.0. The molecule has 1 aromatic carbocycles. The standard InChI is InChI=1S/C18H27N3O2/c1-13(12-19-3)17(22)20-16-9-7-15(8-10-16)18(23)21-11-5-4-6-14(21)2/h7-10,13-14,19H,4-6,11-12H2,1-3H3,(H,20,22). The van der Waals surface area contributed by atoms with Crippen LogP contribution < -0.4 is 10.6 Å². The summed E-state index contributed by atoms with van der Waals surface area (Å²) in [6.07, 6.45) is 3.34. The van der Waals surface area contributed by atoms with Crippen LogP contribution >= 0.6 is 0 Å². The van der Waals surface area contributed by atoms with Crippen molar-refractivity contribution in [3.8, 4) is 0 Å². The van der Waals surface area contributed by atoms with Gasteiger partial charge in [-0.2, -0.15) is 0 Å². The maximum absolute atomic E-state index is 12.6. The number of carbonyl (C=O) groups is 2. The number of anilines is 1. The van der Waals surface area contributed by atoms with Crippen molar-refractivity contribution < 1.29 is 9.59 Å². The van der Waals surface area contributed by atoms with Crippen LogP contribution in [-0.2, 0) is 4.79 Å². The molecule has 0 radical (unpaired) electrons. The number of piperidine rings is 1. The maximum Gasteiger partial charge on any atom is 0.254 e. The minimum atomic E-state index is -0.101. The number of nitrogens with zero attached hydrogens (tertiary/aromatic N) is 1. The predicted molar refractivity (Wildman–Crippen MR) is 92.5 cm³/mol. The topological polar surface area (TPSA) is 61.4 Å². The summed E-state index contributed by atoms with van der Waals surface area (Å²) >= 11 is 0. The lowest BCUT2D eigenvalue weighted by Crippen LogP contribution is -2.42. The van der Waals surface area contributed by atoms with Crippen LogP contribution in [0.2, 0.25) is 0 Å². The van der Waals surface area contributed by atoms with Crippen LogP contribution in [0.5, 0.6) is 0 Å². The third kappa shape index (κ3) is 4.55. The van der Waals surface area contributed by atoms with Gasteiger partial charge in [0.25, 0.3) is 5.91 Å². The molecular formula is C18H27N3O2. The summed E-state index contributed by atoms with van der Waals surface area (Å²) < 4.78 is 0. The fourth-order valence-electron chi connectivity index (χ4n) is 2.93. The van der Waals surface area contributed by atoms with E-state index in [0.717, 1.165) is 25.1 Å². The normalized spacial score (nSPS) is 19.3. The predicted octanol–water partition coefficient (Wildman–Crippen LogP) is 2.50. The second-order valence-corrected chi connectivity index (χ2v) is 6.37. The summed E-state index contributed by atoms with van der Waals surface area (Å²) in [5.74, 6) is -0.0442. The fraction of sp³-hybridized carbons (Fsp3) is 0.556. The smallest absolute Gasteiger partial charge is 0.254 e. The summed E-state index contributed by atoms with van der Waals surface area (Å²) in [5, 5.41) is 5.86. The summed E-state index contributed by atoms with van der Waals surface area (Å²) in [6, 6.07) is 7.49. The van der Waals surface area contributed by atoms with E-state index < -0.39 is 0 Å². The van der Waals surface area contributed by atoms with Crippen molar-refractivity contribution in [2.24, 2.45) is 5.92 Å². The van der Waals surface area contributed by atoms with E-state index in [1.807, 2.05) is 18.9 Å². The van der Waals surface area contributed by atoms with E-state index >= 15 is 0 Å². The van der Waals surface area contributed by atoms with E-state index in [0.29, 0.717) is 18.2 Å². The molecule has 2 unspecified atom stereocenters. The van der Waals surface area contributed by atoms with Gasteiger partial charge in [-0.15, -0.1) is 0 Å². The lowest BCUT2D eigenvalue weighted by molar-refractivity contribution is -0.119. The van der Waals surface area contributed by atoms with Gasteiger partial charge in [0.15, 0.2) is 0 Å². The molecule has 0 bridgehead atoms. The van der Waals surface area contributed by atoms with E-state index in [1.54, 1.807) is 24.3 Å². The molecule has 2 rings (SSSR count). The fourth-order valence-corrected chi connectivity index (χ4v) is 2.93. The number of hydrogen-bond donors (Lipinski definition) is 2. The lowest BCUT2D eigenvalue weighted by Gasteiger charge is -2.33. The lowest BCUT2D eigenvalue weighted by atomic mass is 10.0. The van der Waals surface area contributed by atoms with Gasteiger partial charge in [-0.05, 0) is 57.5 Å². The average Bonchev–Trinajstić information content (AvgIpc) is 2.55. The number of hydrogen-bond acceptors (Lipinski definition) is 3. The highest BCUT2D eigenvalue weighted by Crippen LogP contribution is 2.20. The van der Waals surface area contributed by atoms with Gasteiger partial charge in [0.1, 0.15) is 0 Å². The quantitative estimate of drug-likeness (QED) is 0.877. The number of rotatable bonds is 5. The molecule has 23 heavy (non-hydrogen) atoms. The molecule has 2 atom stereocenters. The first-order valence-electron chi connectivity index (χ1n) is 8.39. The van der Waals surface area contributed by atoms with Crippen molar-refractivity contribution in [2.75, 3.05) is 25.5 Å². The molecule has 1 aliphatic rings. The zero-order chi connectivity index (χ0) is 16.8. The van der Waals surface area contributed by atoms with Gasteiger partial charge in [0.05, 0.1) is 0 Å². The first-order valence-corrected chi connectivity index (χ1v) is 8.39. The van der Waals surface area contributed by atoms with Gasteiger partial charge >= 0.3 is 0 Å². The molecule has 1 fully saturated rings. The Bertz CT molecular complexity index is 542. The molecule has 1 aliphatic heterocycles. The van der Waals surface area contributed by atoms with E-state index in [9.17, 15) is 9.59 Å². The van der Waals surface area contributed by atoms with Crippen molar-refractivity contribution in [2.45, 2.75) is 39.2 Å². The van der Waals surface area contributed by atoms with Crippen LogP contribution in [0.1, 0.15) is 43.5 Å². The molecule has 2 amide bonds. The highest BCUT2D eigenvalue weighted by molar-refractivity contribution is 5.96. The van der Waals surface area contributed by atoms with Gasteiger partial charge in [-0.1, -0.05) is 6.92 Å².